The Labute approximate surface area is 121 Å². The van der Waals surface area contributed by atoms with Crippen molar-refractivity contribution in [2.45, 2.75) is 43.5 Å². The molecule has 2 unspecified atom stereocenters. The molecule has 2 rings (SSSR count). The second-order valence-corrected chi connectivity index (χ2v) is 6.76. The first-order chi connectivity index (χ1) is 9.61. The van der Waals surface area contributed by atoms with Crippen LogP contribution >= 0.6 is 0 Å². The molecule has 1 aromatic rings. The fraction of sp³-hybridized carbons (Fsp3) is 0.600. The molecule has 1 aromatic carbocycles. The second kappa shape index (κ2) is 7.27. The molecule has 1 saturated carbocycles. The van der Waals surface area contributed by atoms with Crippen LogP contribution in [-0.4, -0.2) is 22.5 Å². The zero-order chi connectivity index (χ0) is 14.5. The number of hydrogen-bond acceptors (Lipinski definition) is 2. The van der Waals surface area contributed by atoms with E-state index in [2.05, 4.69) is 5.32 Å². The van der Waals surface area contributed by atoms with Crippen LogP contribution < -0.4 is 5.32 Å². The van der Waals surface area contributed by atoms with Gasteiger partial charge >= 0.3 is 0 Å². The standard InChI is InChI=1S/C15H21F2NOS/c1-2-18-14(11-5-3-4-6-11)10-20(19)15-9-12(16)7-8-13(15)17/h7-9,11,14,18H,2-6,10H2,1H3. The lowest BCUT2D eigenvalue weighted by atomic mass is 10.00. The van der Waals surface area contributed by atoms with Crippen LogP contribution in [0.3, 0.4) is 0 Å². The highest BCUT2D eigenvalue weighted by Crippen LogP contribution is 2.29. The van der Waals surface area contributed by atoms with E-state index < -0.39 is 22.4 Å². The highest BCUT2D eigenvalue weighted by Gasteiger charge is 2.27. The van der Waals surface area contributed by atoms with Gasteiger partial charge in [0, 0.05) is 11.8 Å². The van der Waals surface area contributed by atoms with Gasteiger partial charge in [0.2, 0.25) is 0 Å². The van der Waals surface area contributed by atoms with E-state index in [1.807, 2.05) is 6.92 Å². The van der Waals surface area contributed by atoms with Gasteiger partial charge in [-0.15, -0.1) is 0 Å². The van der Waals surface area contributed by atoms with Crippen molar-refractivity contribution in [3.8, 4) is 0 Å². The molecule has 0 amide bonds. The lowest BCUT2D eigenvalue weighted by Crippen LogP contribution is -2.39. The fourth-order valence-corrected chi connectivity index (χ4v) is 4.31. The van der Waals surface area contributed by atoms with Gasteiger partial charge in [-0.25, -0.2) is 8.78 Å². The Morgan fingerprint density at radius 1 is 1.35 bits per heavy atom. The summed E-state index contributed by atoms with van der Waals surface area (Å²) in [6, 6.07) is 3.25. The summed E-state index contributed by atoms with van der Waals surface area (Å²) in [7, 11) is -1.51. The number of halogens is 2. The third-order valence-corrected chi connectivity index (χ3v) is 5.37. The van der Waals surface area contributed by atoms with E-state index in [4.69, 9.17) is 0 Å². The van der Waals surface area contributed by atoms with Gasteiger partial charge in [0.15, 0.2) is 0 Å². The molecule has 0 aliphatic heterocycles. The highest BCUT2D eigenvalue weighted by molar-refractivity contribution is 7.85. The van der Waals surface area contributed by atoms with Crippen molar-refractivity contribution >= 4 is 10.8 Å². The lowest BCUT2D eigenvalue weighted by Gasteiger charge is -2.24. The maximum Gasteiger partial charge on any atom is 0.139 e. The Bertz CT molecular complexity index is 475. The Morgan fingerprint density at radius 2 is 2.05 bits per heavy atom. The van der Waals surface area contributed by atoms with Crippen LogP contribution in [0.2, 0.25) is 0 Å². The minimum atomic E-state index is -1.51. The van der Waals surface area contributed by atoms with Crippen LogP contribution in [0.25, 0.3) is 0 Å². The van der Waals surface area contributed by atoms with E-state index in [1.165, 1.54) is 12.8 Å². The summed E-state index contributed by atoms with van der Waals surface area (Å²) in [6.07, 6.45) is 4.65. The molecule has 1 aliphatic rings. The van der Waals surface area contributed by atoms with Crippen LogP contribution in [0.15, 0.2) is 23.1 Å². The van der Waals surface area contributed by atoms with Gasteiger partial charge in [0.05, 0.1) is 15.7 Å². The van der Waals surface area contributed by atoms with Crippen LogP contribution in [-0.2, 0) is 10.8 Å². The predicted molar refractivity (Wildman–Crippen MR) is 77.1 cm³/mol. The largest absolute Gasteiger partial charge is 0.313 e. The van der Waals surface area contributed by atoms with Crippen LogP contribution in [0, 0.1) is 17.6 Å². The van der Waals surface area contributed by atoms with Crippen LogP contribution in [0.1, 0.15) is 32.6 Å². The fourth-order valence-electron chi connectivity index (χ4n) is 2.89. The van der Waals surface area contributed by atoms with Gasteiger partial charge < -0.3 is 5.32 Å². The van der Waals surface area contributed by atoms with Crippen molar-refractivity contribution in [3.63, 3.8) is 0 Å². The Hall–Kier alpha value is -0.810. The van der Waals surface area contributed by atoms with Gasteiger partial charge in [-0.3, -0.25) is 4.21 Å². The van der Waals surface area contributed by atoms with E-state index in [0.717, 1.165) is 37.6 Å². The first-order valence-electron chi connectivity index (χ1n) is 7.18. The monoisotopic (exact) mass is 301 g/mol. The van der Waals surface area contributed by atoms with Gasteiger partial charge in [-0.05, 0) is 43.5 Å². The van der Waals surface area contributed by atoms with Gasteiger partial charge in [0.25, 0.3) is 0 Å². The summed E-state index contributed by atoms with van der Waals surface area (Å²) in [5, 5.41) is 3.35. The molecule has 0 bridgehead atoms. The van der Waals surface area contributed by atoms with Crippen molar-refractivity contribution < 1.29 is 13.0 Å². The first-order valence-corrected chi connectivity index (χ1v) is 8.50. The van der Waals surface area contributed by atoms with E-state index in [0.29, 0.717) is 11.7 Å². The Morgan fingerprint density at radius 3 is 2.70 bits per heavy atom. The van der Waals surface area contributed by atoms with Crippen molar-refractivity contribution in [2.24, 2.45) is 5.92 Å². The maximum atomic E-state index is 13.7. The molecule has 0 heterocycles. The van der Waals surface area contributed by atoms with E-state index in [9.17, 15) is 13.0 Å². The quantitative estimate of drug-likeness (QED) is 0.874. The lowest BCUT2D eigenvalue weighted by molar-refractivity contribution is 0.392. The van der Waals surface area contributed by atoms with Crippen molar-refractivity contribution in [2.75, 3.05) is 12.3 Å². The summed E-state index contributed by atoms with van der Waals surface area (Å²) < 4.78 is 39.2. The van der Waals surface area contributed by atoms with Gasteiger partial charge in [-0.1, -0.05) is 19.8 Å². The molecule has 20 heavy (non-hydrogen) atoms. The summed E-state index contributed by atoms with van der Waals surface area (Å²) in [4.78, 5) is -0.0223. The molecule has 1 fully saturated rings. The zero-order valence-corrected chi connectivity index (χ0v) is 12.5. The molecule has 2 nitrogen and oxygen atoms in total. The summed E-state index contributed by atoms with van der Waals surface area (Å²) in [5.41, 5.74) is 0. The van der Waals surface area contributed by atoms with Crippen molar-refractivity contribution in [1.29, 1.82) is 0 Å². The molecule has 1 aliphatic carbocycles. The summed E-state index contributed by atoms with van der Waals surface area (Å²) >= 11 is 0. The number of hydrogen-bond donors (Lipinski definition) is 1. The van der Waals surface area contributed by atoms with E-state index >= 15 is 0 Å². The third-order valence-electron chi connectivity index (χ3n) is 3.90. The van der Waals surface area contributed by atoms with Crippen molar-refractivity contribution in [1.82, 2.24) is 5.32 Å². The maximum absolute atomic E-state index is 13.7. The Balaban J connectivity index is 2.09. The minimum absolute atomic E-state index is 0.0223. The first kappa shape index (κ1) is 15.6. The number of rotatable bonds is 6. The summed E-state index contributed by atoms with van der Waals surface area (Å²) in [5.74, 6) is -0.295. The Kier molecular flexibility index (Phi) is 5.66. The molecular weight excluding hydrogens is 280 g/mol. The second-order valence-electron chi connectivity index (χ2n) is 5.30. The molecular formula is C15H21F2NOS. The molecule has 1 N–H and O–H groups in total. The average Bonchev–Trinajstić information content (AvgIpc) is 2.95. The molecule has 0 aromatic heterocycles. The van der Waals surface area contributed by atoms with E-state index in [1.54, 1.807) is 0 Å². The number of nitrogens with one attached hydrogen (secondary N) is 1. The van der Waals surface area contributed by atoms with Gasteiger partial charge in [0.1, 0.15) is 11.6 Å². The third kappa shape index (κ3) is 3.85. The van der Waals surface area contributed by atoms with Crippen LogP contribution in [0.4, 0.5) is 8.78 Å². The number of benzene rings is 1. The average molecular weight is 301 g/mol. The minimum Gasteiger partial charge on any atom is -0.313 e. The molecule has 5 heteroatoms. The zero-order valence-electron chi connectivity index (χ0n) is 11.7. The SMILES string of the molecule is CCNC(CS(=O)c1cc(F)ccc1F)C1CCCC1. The van der Waals surface area contributed by atoms with Gasteiger partial charge in [-0.2, -0.15) is 0 Å². The predicted octanol–water partition coefficient (Wildman–Crippen LogP) is 3.24. The molecule has 2 atom stereocenters. The van der Waals surface area contributed by atoms with Crippen molar-refractivity contribution in [3.05, 3.63) is 29.8 Å². The van der Waals surface area contributed by atoms with Crippen LogP contribution in [0.5, 0.6) is 0 Å². The summed E-state index contributed by atoms with van der Waals surface area (Å²) in [6.45, 7) is 2.80. The molecule has 112 valence electrons. The normalized spacial score (nSPS) is 19.1. The highest BCUT2D eigenvalue weighted by atomic mass is 32.2. The van der Waals surface area contributed by atoms with E-state index in [-0.39, 0.29) is 10.9 Å². The molecule has 0 spiro atoms. The molecule has 0 saturated heterocycles. The smallest absolute Gasteiger partial charge is 0.139 e. The molecule has 0 radical (unpaired) electrons. The topological polar surface area (TPSA) is 29.1 Å².